The van der Waals surface area contributed by atoms with Gasteiger partial charge in [0.2, 0.25) is 5.89 Å². The molecular formula is C23H23F2N3O2. The molecule has 0 aliphatic heterocycles. The van der Waals surface area contributed by atoms with Gasteiger partial charge in [-0.25, -0.2) is 13.8 Å². The molecule has 1 heterocycles. The summed E-state index contributed by atoms with van der Waals surface area (Å²) in [4.78, 5) is 18.7. The summed E-state index contributed by atoms with van der Waals surface area (Å²) in [7, 11) is 0. The van der Waals surface area contributed by atoms with Crippen LogP contribution in [0.3, 0.4) is 0 Å². The van der Waals surface area contributed by atoms with E-state index < -0.39 is 0 Å². The van der Waals surface area contributed by atoms with Crippen molar-refractivity contribution < 1.29 is 18.0 Å². The topological polar surface area (TPSA) is 58.4 Å². The highest BCUT2D eigenvalue weighted by Gasteiger charge is 2.26. The predicted octanol–water partition coefficient (Wildman–Crippen LogP) is 4.30. The van der Waals surface area contributed by atoms with Crippen LogP contribution in [0.4, 0.5) is 8.78 Å². The summed E-state index contributed by atoms with van der Waals surface area (Å²) in [5, 5.41) is 2.74. The second-order valence-electron chi connectivity index (χ2n) is 7.64. The molecule has 2 aromatic carbocycles. The van der Waals surface area contributed by atoms with E-state index in [0.29, 0.717) is 30.5 Å². The third-order valence-electron chi connectivity index (χ3n) is 5.07. The van der Waals surface area contributed by atoms with Gasteiger partial charge in [0.15, 0.2) is 5.69 Å². The van der Waals surface area contributed by atoms with E-state index in [0.717, 1.165) is 12.1 Å². The molecule has 1 amide bonds. The largest absolute Gasteiger partial charge is 0.447 e. The van der Waals surface area contributed by atoms with E-state index >= 15 is 0 Å². The number of halogens is 2. The van der Waals surface area contributed by atoms with Crippen LogP contribution < -0.4 is 5.32 Å². The Bertz CT molecular complexity index is 1000. The molecule has 1 N–H and O–H groups in total. The Morgan fingerprint density at radius 1 is 1.10 bits per heavy atom. The second kappa shape index (κ2) is 9.17. The molecule has 5 nitrogen and oxygen atoms in total. The van der Waals surface area contributed by atoms with Crippen LogP contribution in [0.25, 0.3) is 0 Å². The maximum atomic E-state index is 14.1. The molecule has 1 fully saturated rings. The molecule has 0 bridgehead atoms. The van der Waals surface area contributed by atoms with Crippen molar-refractivity contribution in [1.29, 1.82) is 0 Å². The number of nitrogens with zero attached hydrogens (tertiary/aromatic N) is 2. The van der Waals surface area contributed by atoms with Gasteiger partial charge < -0.3 is 9.73 Å². The summed E-state index contributed by atoms with van der Waals surface area (Å²) in [5.41, 5.74) is 1.60. The molecule has 1 aliphatic carbocycles. The highest BCUT2D eigenvalue weighted by molar-refractivity contribution is 5.91. The molecule has 1 aliphatic rings. The normalized spacial score (nSPS) is 13.6. The highest BCUT2D eigenvalue weighted by atomic mass is 19.1. The van der Waals surface area contributed by atoms with Crippen LogP contribution in [-0.4, -0.2) is 22.3 Å². The summed E-state index contributed by atoms with van der Waals surface area (Å²) >= 11 is 0. The lowest BCUT2D eigenvalue weighted by Crippen LogP contribution is -2.26. The standard InChI is InChI=1S/C23H23F2N3O2/c24-19-9-7-16(8-10-19)11-26-23(29)21-15-30-22(27-21)14-28(12-17-5-6-17)13-18-3-1-2-4-20(18)25/h1-4,7-10,15,17H,5-6,11-14H2,(H,26,29). The minimum atomic E-state index is -0.364. The highest BCUT2D eigenvalue weighted by Crippen LogP contribution is 2.30. The van der Waals surface area contributed by atoms with Crippen molar-refractivity contribution in [2.24, 2.45) is 5.92 Å². The zero-order chi connectivity index (χ0) is 20.9. The van der Waals surface area contributed by atoms with Gasteiger partial charge in [0.05, 0.1) is 6.54 Å². The van der Waals surface area contributed by atoms with E-state index in [1.165, 1.54) is 37.3 Å². The number of carbonyl (C=O) groups excluding carboxylic acids is 1. The van der Waals surface area contributed by atoms with E-state index in [9.17, 15) is 13.6 Å². The van der Waals surface area contributed by atoms with Crippen molar-refractivity contribution in [2.45, 2.75) is 32.5 Å². The van der Waals surface area contributed by atoms with Crippen molar-refractivity contribution in [3.05, 3.63) is 89.1 Å². The quantitative estimate of drug-likeness (QED) is 0.571. The van der Waals surface area contributed by atoms with E-state index in [2.05, 4.69) is 15.2 Å². The number of aromatic nitrogens is 1. The molecule has 4 rings (SSSR count). The van der Waals surface area contributed by atoms with Crippen LogP contribution in [0.15, 0.2) is 59.2 Å². The number of nitrogens with one attached hydrogen (secondary N) is 1. The number of amides is 1. The van der Waals surface area contributed by atoms with E-state index in [1.54, 1.807) is 24.3 Å². The first kappa shape index (κ1) is 20.2. The zero-order valence-electron chi connectivity index (χ0n) is 16.5. The fourth-order valence-corrected chi connectivity index (χ4v) is 3.27. The van der Waals surface area contributed by atoms with Crippen LogP contribution in [0.1, 0.15) is 40.3 Å². The third-order valence-corrected chi connectivity index (χ3v) is 5.07. The number of rotatable bonds is 9. The number of hydrogen-bond acceptors (Lipinski definition) is 4. The minimum absolute atomic E-state index is 0.185. The van der Waals surface area contributed by atoms with Crippen molar-refractivity contribution in [3.63, 3.8) is 0 Å². The van der Waals surface area contributed by atoms with Crippen LogP contribution >= 0.6 is 0 Å². The van der Waals surface area contributed by atoms with Crippen molar-refractivity contribution in [1.82, 2.24) is 15.2 Å². The monoisotopic (exact) mass is 411 g/mol. The molecular weight excluding hydrogens is 388 g/mol. The molecule has 7 heteroatoms. The summed E-state index contributed by atoms with van der Waals surface area (Å²) in [6.45, 7) is 1.96. The minimum Gasteiger partial charge on any atom is -0.447 e. The van der Waals surface area contributed by atoms with Gasteiger partial charge in [-0.05, 0) is 42.5 Å². The zero-order valence-corrected chi connectivity index (χ0v) is 16.5. The molecule has 156 valence electrons. The molecule has 1 aromatic heterocycles. The van der Waals surface area contributed by atoms with Gasteiger partial charge in [-0.2, -0.15) is 0 Å². The molecule has 1 saturated carbocycles. The summed E-state index contributed by atoms with van der Waals surface area (Å²) < 4.78 is 32.5. The van der Waals surface area contributed by atoms with Crippen LogP contribution in [0.2, 0.25) is 0 Å². The first-order valence-electron chi connectivity index (χ1n) is 9.99. The maximum absolute atomic E-state index is 14.1. The summed E-state index contributed by atoms with van der Waals surface area (Å²) in [6, 6.07) is 12.7. The fraction of sp³-hybridized carbons (Fsp3) is 0.304. The average Bonchev–Trinajstić information content (AvgIpc) is 3.43. The molecule has 0 radical (unpaired) electrons. The second-order valence-corrected chi connectivity index (χ2v) is 7.64. The molecule has 0 saturated heterocycles. The first-order chi connectivity index (χ1) is 14.6. The molecule has 3 aromatic rings. The lowest BCUT2D eigenvalue weighted by atomic mass is 10.2. The number of carbonyl (C=O) groups is 1. The van der Waals surface area contributed by atoms with Gasteiger partial charge in [0.1, 0.15) is 17.9 Å². The lowest BCUT2D eigenvalue weighted by Gasteiger charge is -2.20. The Hall–Kier alpha value is -3.06. The van der Waals surface area contributed by atoms with Gasteiger partial charge >= 0.3 is 0 Å². The van der Waals surface area contributed by atoms with E-state index in [4.69, 9.17) is 4.42 Å². The summed E-state index contributed by atoms with van der Waals surface area (Å²) in [5.74, 6) is 0.116. The van der Waals surface area contributed by atoms with Crippen LogP contribution in [0, 0.1) is 17.6 Å². The third kappa shape index (κ3) is 5.51. The van der Waals surface area contributed by atoms with Crippen molar-refractivity contribution in [3.8, 4) is 0 Å². The Kier molecular flexibility index (Phi) is 6.18. The number of benzene rings is 2. The Labute approximate surface area is 173 Å². The van der Waals surface area contributed by atoms with Gasteiger partial charge in [-0.1, -0.05) is 30.3 Å². The van der Waals surface area contributed by atoms with E-state index in [-0.39, 0.29) is 29.8 Å². The predicted molar refractivity (Wildman–Crippen MR) is 107 cm³/mol. The molecule has 0 spiro atoms. The lowest BCUT2D eigenvalue weighted by molar-refractivity contribution is 0.0945. The van der Waals surface area contributed by atoms with Gasteiger partial charge in [-0.3, -0.25) is 9.69 Å². The Morgan fingerprint density at radius 2 is 1.87 bits per heavy atom. The van der Waals surface area contributed by atoms with Crippen LogP contribution in [-0.2, 0) is 19.6 Å². The molecule has 0 atom stereocenters. The van der Waals surface area contributed by atoms with Crippen molar-refractivity contribution >= 4 is 5.91 Å². The van der Waals surface area contributed by atoms with Crippen molar-refractivity contribution in [2.75, 3.05) is 6.54 Å². The smallest absolute Gasteiger partial charge is 0.273 e. The van der Waals surface area contributed by atoms with Gasteiger partial charge in [-0.15, -0.1) is 0 Å². The Balaban J connectivity index is 1.36. The molecule has 0 unspecified atom stereocenters. The number of hydrogen-bond donors (Lipinski definition) is 1. The first-order valence-corrected chi connectivity index (χ1v) is 9.99. The fourth-order valence-electron chi connectivity index (χ4n) is 3.27. The SMILES string of the molecule is O=C(NCc1ccc(F)cc1)c1coc(CN(Cc2ccccc2F)CC2CC2)n1. The van der Waals surface area contributed by atoms with Gasteiger partial charge in [0.25, 0.3) is 5.91 Å². The maximum Gasteiger partial charge on any atom is 0.273 e. The number of oxazole rings is 1. The van der Waals surface area contributed by atoms with E-state index in [1.807, 2.05) is 6.07 Å². The Morgan fingerprint density at radius 3 is 2.60 bits per heavy atom. The average molecular weight is 411 g/mol. The van der Waals surface area contributed by atoms with Gasteiger partial charge in [0, 0.05) is 25.2 Å². The molecule has 30 heavy (non-hydrogen) atoms. The summed E-state index contributed by atoms with van der Waals surface area (Å²) in [6.07, 6.45) is 3.68. The van der Waals surface area contributed by atoms with Crippen LogP contribution in [0.5, 0.6) is 0 Å².